The molecule has 0 unspecified atom stereocenters. The van der Waals surface area contributed by atoms with Crippen molar-refractivity contribution in [3.8, 4) is 5.75 Å². The Labute approximate surface area is 108 Å². The summed E-state index contributed by atoms with van der Waals surface area (Å²) in [6.45, 7) is 10.0. The van der Waals surface area contributed by atoms with Gasteiger partial charge in [-0.15, -0.1) is 0 Å². The minimum Gasteiger partial charge on any atom is -0.399 e. The van der Waals surface area contributed by atoms with E-state index in [9.17, 15) is 0 Å². The predicted molar refractivity (Wildman–Crippen MR) is 70.2 cm³/mol. The highest BCUT2D eigenvalue weighted by molar-refractivity contribution is 6.62. The maximum Gasteiger partial charge on any atom is 0.495 e. The third kappa shape index (κ3) is 2.14. The van der Waals surface area contributed by atoms with Gasteiger partial charge in [0.05, 0.1) is 11.2 Å². The largest absolute Gasteiger partial charge is 0.495 e. The molecule has 0 bridgehead atoms. The van der Waals surface area contributed by atoms with Gasteiger partial charge in [0.2, 0.25) is 0 Å². The Morgan fingerprint density at radius 1 is 1.11 bits per heavy atom. The molecule has 0 radical (unpaired) electrons. The number of hydrogen-bond donors (Lipinski definition) is 1. The Morgan fingerprint density at radius 3 is 2.17 bits per heavy atom. The molecule has 5 heteroatoms. The number of aryl methyl sites for hydroxylation is 1. The van der Waals surface area contributed by atoms with Gasteiger partial charge in [0, 0.05) is 0 Å². The lowest BCUT2D eigenvalue weighted by Crippen LogP contribution is -2.41. The van der Waals surface area contributed by atoms with Crippen LogP contribution in [0, 0.1) is 6.92 Å². The number of rotatable bonds is 2. The molecule has 1 aliphatic heterocycles. The SMILES string of the molecule is Cc1ccc(OO)cc1B1OC(C)(C)C(C)(C)O1. The molecule has 0 spiro atoms. The normalized spacial score (nSPS) is 21.1. The number of hydrogen-bond acceptors (Lipinski definition) is 4. The van der Waals surface area contributed by atoms with Crippen molar-refractivity contribution in [2.24, 2.45) is 0 Å². The summed E-state index contributed by atoms with van der Waals surface area (Å²) in [5, 5.41) is 8.72. The maximum absolute atomic E-state index is 8.72. The lowest BCUT2D eigenvalue weighted by molar-refractivity contribution is -0.137. The van der Waals surface area contributed by atoms with E-state index < -0.39 is 7.12 Å². The van der Waals surface area contributed by atoms with Gasteiger partial charge in [0.15, 0.2) is 5.75 Å². The van der Waals surface area contributed by atoms with E-state index in [1.54, 1.807) is 12.1 Å². The molecule has 1 aromatic rings. The van der Waals surface area contributed by atoms with E-state index in [0.717, 1.165) is 11.0 Å². The van der Waals surface area contributed by atoms with E-state index in [4.69, 9.17) is 14.6 Å². The summed E-state index contributed by atoms with van der Waals surface area (Å²) in [6, 6.07) is 5.30. The molecule has 1 fully saturated rings. The topological polar surface area (TPSA) is 47.9 Å². The highest BCUT2D eigenvalue weighted by atomic mass is 17.1. The molecule has 4 nitrogen and oxygen atoms in total. The molecule has 1 heterocycles. The first-order valence-corrected chi connectivity index (χ1v) is 6.04. The molecule has 2 rings (SSSR count). The van der Waals surface area contributed by atoms with Gasteiger partial charge >= 0.3 is 7.12 Å². The second kappa shape index (κ2) is 4.26. The van der Waals surface area contributed by atoms with Crippen LogP contribution in [0.1, 0.15) is 33.3 Å². The molecule has 0 aromatic heterocycles. The summed E-state index contributed by atoms with van der Waals surface area (Å²) < 4.78 is 11.9. The smallest absolute Gasteiger partial charge is 0.399 e. The minimum atomic E-state index is -0.440. The third-order valence-electron chi connectivity index (χ3n) is 3.86. The van der Waals surface area contributed by atoms with E-state index in [1.807, 2.05) is 40.7 Å². The van der Waals surface area contributed by atoms with E-state index in [0.29, 0.717) is 5.75 Å². The Hall–Kier alpha value is -1.04. The van der Waals surface area contributed by atoms with Crippen molar-refractivity contribution in [1.82, 2.24) is 0 Å². The van der Waals surface area contributed by atoms with Crippen LogP contribution in [0.4, 0.5) is 0 Å². The van der Waals surface area contributed by atoms with Gasteiger partial charge in [-0.05, 0) is 52.2 Å². The third-order valence-corrected chi connectivity index (χ3v) is 3.86. The molecule has 98 valence electrons. The zero-order valence-electron chi connectivity index (χ0n) is 11.5. The summed E-state index contributed by atoms with van der Waals surface area (Å²) >= 11 is 0. The highest BCUT2D eigenvalue weighted by Crippen LogP contribution is 2.36. The standard InChI is InChI=1S/C13H19BO4/c1-9-6-7-10(16-15)8-11(9)14-17-12(2,3)13(4,5)18-14/h6-8,15H,1-5H3. The van der Waals surface area contributed by atoms with Crippen molar-refractivity contribution in [2.75, 3.05) is 0 Å². The molecular weight excluding hydrogens is 231 g/mol. The number of benzene rings is 1. The van der Waals surface area contributed by atoms with Crippen LogP contribution in [0.3, 0.4) is 0 Å². The minimum absolute atomic E-state index is 0.375. The van der Waals surface area contributed by atoms with Gasteiger partial charge in [0.25, 0.3) is 0 Å². The van der Waals surface area contributed by atoms with Crippen LogP contribution in [0.15, 0.2) is 18.2 Å². The van der Waals surface area contributed by atoms with Crippen molar-refractivity contribution in [2.45, 2.75) is 45.8 Å². The van der Waals surface area contributed by atoms with Crippen LogP contribution in [0.5, 0.6) is 5.75 Å². The Kier molecular flexibility index (Phi) is 3.17. The summed E-state index contributed by atoms with van der Waals surface area (Å²) in [7, 11) is -0.440. The quantitative estimate of drug-likeness (QED) is 0.496. The molecule has 0 atom stereocenters. The van der Waals surface area contributed by atoms with Crippen LogP contribution in [-0.4, -0.2) is 23.6 Å². The average molecular weight is 250 g/mol. The van der Waals surface area contributed by atoms with Gasteiger partial charge in [-0.3, -0.25) is 0 Å². The Balaban J connectivity index is 2.34. The summed E-state index contributed by atoms with van der Waals surface area (Å²) in [5.74, 6) is 0.380. The Morgan fingerprint density at radius 2 is 1.67 bits per heavy atom. The highest BCUT2D eigenvalue weighted by Gasteiger charge is 2.52. The molecule has 0 saturated carbocycles. The van der Waals surface area contributed by atoms with Gasteiger partial charge in [-0.1, -0.05) is 11.6 Å². The maximum atomic E-state index is 8.72. The lowest BCUT2D eigenvalue weighted by atomic mass is 9.76. The van der Waals surface area contributed by atoms with E-state index in [-0.39, 0.29) is 11.2 Å². The van der Waals surface area contributed by atoms with Crippen molar-refractivity contribution >= 4 is 12.6 Å². The molecule has 1 aliphatic rings. The molecule has 1 aromatic carbocycles. The average Bonchev–Trinajstić information content (AvgIpc) is 2.48. The van der Waals surface area contributed by atoms with Crippen LogP contribution < -0.4 is 10.4 Å². The monoisotopic (exact) mass is 250 g/mol. The van der Waals surface area contributed by atoms with Gasteiger partial charge < -0.3 is 14.2 Å². The van der Waals surface area contributed by atoms with Crippen LogP contribution in [-0.2, 0) is 9.31 Å². The van der Waals surface area contributed by atoms with Crippen LogP contribution in [0.2, 0.25) is 0 Å². The summed E-state index contributed by atoms with van der Waals surface area (Å²) in [4.78, 5) is 4.26. The summed E-state index contributed by atoms with van der Waals surface area (Å²) in [6.07, 6.45) is 0. The van der Waals surface area contributed by atoms with Gasteiger partial charge in [-0.25, -0.2) is 5.26 Å². The molecule has 1 saturated heterocycles. The van der Waals surface area contributed by atoms with E-state index >= 15 is 0 Å². The first-order chi connectivity index (χ1) is 8.27. The van der Waals surface area contributed by atoms with Crippen molar-refractivity contribution in [3.63, 3.8) is 0 Å². The van der Waals surface area contributed by atoms with Gasteiger partial charge in [-0.2, -0.15) is 0 Å². The zero-order chi connectivity index (χ0) is 13.6. The fourth-order valence-corrected chi connectivity index (χ4v) is 1.90. The lowest BCUT2D eigenvalue weighted by Gasteiger charge is -2.32. The Bertz CT molecular complexity index is 440. The fourth-order valence-electron chi connectivity index (χ4n) is 1.90. The predicted octanol–water partition coefficient (Wildman–Crippen LogP) is 2.15. The first kappa shape index (κ1) is 13.4. The van der Waals surface area contributed by atoms with Crippen molar-refractivity contribution < 1.29 is 19.5 Å². The molecule has 0 amide bonds. The second-order valence-corrected chi connectivity index (χ2v) is 5.70. The van der Waals surface area contributed by atoms with E-state index in [2.05, 4.69) is 4.89 Å². The van der Waals surface area contributed by atoms with Crippen molar-refractivity contribution in [1.29, 1.82) is 0 Å². The molecule has 18 heavy (non-hydrogen) atoms. The zero-order valence-corrected chi connectivity index (χ0v) is 11.5. The van der Waals surface area contributed by atoms with Crippen molar-refractivity contribution in [3.05, 3.63) is 23.8 Å². The molecule has 0 aliphatic carbocycles. The summed E-state index contributed by atoms with van der Waals surface area (Å²) in [5.41, 5.74) is 1.16. The second-order valence-electron chi connectivity index (χ2n) is 5.70. The van der Waals surface area contributed by atoms with Crippen LogP contribution in [0.25, 0.3) is 0 Å². The fraction of sp³-hybridized carbons (Fsp3) is 0.538. The first-order valence-electron chi connectivity index (χ1n) is 6.04. The van der Waals surface area contributed by atoms with Gasteiger partial charge in [0.1, 0.15) is 0 Å². The molecular formula is C13H19BO4. The van der Waals surface area contributed by atoms with Crippen LogP contribution >= 0.6 is 0 Å². The molecule has 1 N–H and O–H groups in total. The van der Waals surface area contributed by atoms with E-state index in [1.165, 1.54) is 0 Å².